The number of rotatable bonds is 5. The molecule has 0 aromatic carbocycles. The Bertz CT molecular complexity index is 823. The summed E-state index contributed by atoms with van der Waals surface area (Å²) in [5, 5.41) is 3.99. The van der Waals surface area contributed by atoms with Crippen molar-refractivity contribution in [3.8, 4) is 0 Å². The van der Waals surface area contributed by atoms with Gasteiger partial charge in [-0.15, -0.1) is 0 Å². The number of ether oxygens (including phenoxy) is 1. The maximum absolute atomic E-state index is 12.5. The van der Waals surface area contributed by atoms with Gasteiger partial charge in [-0.1, -0.05) is 12.1 Å². The Balaban J connectivity index is 1.83. The van der Waals surface area contributed by atoms with E-state index in [0.29, 0.717) is 24.5 Å². The highest BCUT2D eigenvalue weighted by atomic mass is 16.5. The van der Waals surface area contributed by atoms with Gasteiger partial charge in [-0.2, -0.15) is 5.10 Å². The third-order valence-corrected chi connectivity index (χ3v) is 3.76. The molecule has 2 N–H and O–H groups in total. The molecule has 0 fully saturated rings. The van der Waals surface area contributed by atoms with Gasteiger partial charge in [0.05, 0.1) is 18.9 Å². The smallest absolute Gasteiger partial charge is 0.269 e. The van der Waals surface area contributed by atoms with Crippen LogP contribution in [-0.4, -0.2) is 39.7 Å². The molecule has 0 atom stereocenters. The molecule has 7 nitrogen and oxygen atoms in total. The highest BCUT2D eigenvalue weighted by Crippen LogP contribution is 2.18. The van der Waals surface area contributed by atoms with Crippen molar-refractivity contribution in [1.82, 2.24) is 14.8 Å². The maximum atomic E-state index is 12.5. The van der Waals surface area contributed by atoms with E-state index in [4.69, 9.17) is 10.5 Å². The van der Waals surface area contributed by atoms with Crippen LogP contribution in [-0.2, 0) is 18.2 Å². The molecule has 3 heterocycles. The third-order valence-electron chi connectivity index (χ3n) is 3.76. The molecule has 24 heavy (non-hydrogen) atoms. The Morgan fingerprint density at radius 3 is 2.92 bits per heavy atom. The Morgan fingerprint density at radius 2 is 2.21 bits per heavy atom. The summed E-state index contributed by atoms with van der Waals surface area (Å²) in [7, 11) is 1.68. The van der Waals surface area contributed by atoms with E-state index < -0.39 is 5.91 Å². The van der Waals surface area contributed by atoms with Gasteiger partial charge < -0.3 is 10.5 Å². The predicted molar refractivity (Wildman–Crippen MR) is 87.4 cm³/mol. The molecule has 1 aliphatic rings. The van der Waals surface area contributed by atoms with Gasteiger partial charge in [0.1, 0.15) is 5.69 Å². The lowest BCUT2D eigenvalue weighted by atomic mass is 10.1. The molecule has 0 bridgehead atoms. The Kier molecular flexibility index (Phi) is 4.52. The fourth-order valence-electron chi connectivity index (χ4n) is 2.64. The summed E-state index contributed by atoms with van der Waals surface area (Å²) >= 11 is 0. The summed E-state index contributed by atoms with van der Waals surface area (Å²) in [6, 6.07) is 5.32. The van der Waals surface area contributed by atoms with Crippen molar-refractivity contribution in [2.24, 2.45) is 12.8 Å². The molecule has 1 aliphatic heterocycles. The van der Waals surface area contributed by atoms with Crippen LogP contribution >= 0.6 is 0 Å². The van der Waals surface area contributed by atoms with Gasteiger partial charge in [0.15, 0.2) is 11.5 Å². The zero-order chi connectivity index (χ0) is 17.1. The van der Waals surface area contributed by atoms with Crippen molar-refractivity contribution >= 4 is 17.3 Å². The van der Waals surface area contributed by atoms with Gasteiger partial charge in [0.25, 0.3) is 5.91 Å². The molecule has 1 amide bonds. The standard InChI is InChI=1S/C17H18N4O3/c1-21-9-12(16(20-21)17(18)23)8-15(22)14-6-2-5-13(19-14)11-4-3-7-24-10-11/h2,4-6,9H,3,7-8,10H2,1H3,(H2,18,23). The summed E-state index contributed by atoms with van der Waals surface area (Å²) in [5.41, 5.74) is 7.98. The molecule has 0 spiro atoms. The Labute approximate surface area is 139 Å². The average Bonchev–Trinajstić information content (AvgIpc) is 2.96. The number of carbonyl (C=O) groups excluding carboxylic acids is 2. The van der Waals surface area contributed by atoms with E-state index in [1.54, 1.807) is 25.4 Å². The van der Waals surface area contributed by atoms with Crippen LogP contribution in [0.15, 0.2) is 30.5 Å². The van der Waals surface area contributed by atoms with Gasteiger partial charge in [0, 0.05) is 25.2 Å². The summed E-state index contributed by atoms with van der Waals surface area (Å²) in [6.07, 6.45) is 4.57. The van der Waals surface area contributed by atoms with Crippen LogP contribution in [0.2, 0.25) is 0 Å². The number of primary amides is 1. The van der Waals surface area contributed by atoms with Crippen molar-refractivity contribution in [2.45, 2.75) is 12.8 Å². The van der Waals surface area contributed by atoms with Gasteiger partial charge in [-0.05, 0) is 24.1 Å². The zero-order valence-corrected chi connectivity index (χ0v) is 13.4. The zero-order valence-electron chi connectivity index (χ0n) is 13.4. The summed E-state index contributed by atoms with van der Waals surface area (Å²) in [4.78, 5) is 28.4. The number of Topliss-reactive ketones (excluding diaryl/α,β-unsaturated/α-hetero) is 1. The second-order valence-corrected chi connectivity index (χ2v) is 5.62. The van der Waals surface area contributed by atoms with E-state index in [1.165, 1.54) is 4.68 Å². The van der Waals surface area contributed by atoms with Crippen molar-refractivity contribution < 1.29 is 14.3 Å². The largest absolute Gasteiger partial charge is 0.376 e. The molecule has 2 aromatic rings. The third kappa shape index (κ3) is 3.41. The number of hydrogen-bond acceptors (Lipinski definition) is 5. The lowest BCUT2D eigenvalue weighted by molar-refractivity contribution is 0.0986. The molecule has 0 aliphatic carbocycles. The lowest BCUT2D eigenvalue weighted by Gasteiger charge is -2.13. The number of pyridine rings is 1. The molecular formula is C17H18N4O3. The molecule has 124 valence electrons. The first kappa shape index (κ1) is 16.1. The number of hydrogen-bond donors (Lipinski definition) is 1. The minimum absolute atomic E-state index is 0.0259. The number of nitrogens with two attached hydrogens (primary N) is 1. The molecule has 2 aromatic heterocycles. The van der Waals surface area contributed by atoms with Crippen molar-refractivity contribution in [2.75, 3.05) is 13.2 Å². The SMILES string of the molecule is Cn1cc(CC(=O)c2cccc(C3=CCCOC3)n2)c(C(N)=O)n1. The highest BCUT2D eigenvalue weighted by molar-refractivity contribution is 5.99. The molecule has 0 unspecified atom stereocenters. The van der Waals surface area contributed by atoms with E-state index in [2.05, 4.69) is 16.2 Å². The maximum Gasteiger partial charge on any atom is 0.269 e. The van der Waals surface area contributed by atoms with Crippen molar-refractivity contribution in [3.05, 3.63) is 53.1 Å². The number of ketones is 1. The highest BCUT2D eigenvalue weighted by Gasteiger charge is 2.18. The molecule has 0 radical (unpaired) electrons. The first-order valence-corrected chi connectivity index (χ1v) is 7.64. The van der Waals surface area contributed by atoms with Crippen LogP contribution in [0, 0.1) is 0 Å². The monoisotopic (exact) mass is 326 g/mol. The van der Waals surface area contributed by atoms with Crippen molar-refractivity contribution in [1.29, 1.82) is 0 Å². The molecule has 7 heteroatoms. The minimum Gasteiger partial charge on any atom is -0.376 e. The number of aromatic nitrogens is 3. The molecule has 3 rings (SSSR count). The van der Waals surface area contributed by atoms with Crippen molar-refractivity contribution in [3.63, 3.8) is 0 Å². The number of carbonyl (C=O) groups is 2. The summed E-state index contributed by atoms with van der Waals surface area (Å²) < 4.78 is 6.89. The number of aryl methyl sites for hydroxylation is 1. The second-order valence-electron chi connectivity index (χ2n) is 5.62. The molecule has 0 saturated heterocycles. The van der Waals surface area contributed by atoms with Crippen LogP contribution in [0.5, 0.6) is 0 Å². The first-order chi connectivity index (χ1) is 11.5. The fraction of sp³-hybridized carbons (Fsp3) is 0.294. The van der Waals surface area contributed by atoms with Gasteiger partial charge in [-0.25, -0.2) is 4.98 Å². The molecular weight excluding hydrogens is 308 g/mol. The van der Waals surface area contributed by atoms with Gasteiger partial charge >= 0.3 is 0 Å². The van der Waals surface area contributed by atoms with Crippen LogP contribution in [0.1, 0.15) is 38.7 Å². The summed E-state index contributed by atoms with van der Waals surface area (Å²) in [5.74, 6) is -0.839. The normalized spacial score (nSPS) is 14.3. The van der Waals surface area contributed by atoms with Crippen LogP contribution in [0.25, 0.3) is 5.57 Å². The van der Waals surface area contributed by atoms with Crippen LogP contribution < -0.4 is 5.73 Å². The van der Waals surface area contributed by atoms with Gasteiger partial charge in [0.2, 0.25) is 0 Å². The average molecular weight is 326 g/mol. The second kappa shape index (κ2) is 6.76. The van der Waals surface area contributed by atoms with E-state index >= 15 is 0 Å². The first-order valence-electron chi connectivity index (χ1n) is 7.64. The lowest BCUT2D eigenvalue weighted by Crippen LogP contribution is -2.16. The summed E-state index contributed by atoms with van der Waals surface area (Å²) in [6.45, 7) is 1.21. The Hall–Kier alpha value is -2.80. The molecule has 0 saturated carbocycles. The quantitative estimate of drug-likeness (QED) is 0.831. The van der Waals surface area contributed by atoms with Crippen LogP contribution in [0.4, 0.5) is 0 Å². The number of nitrogens with zero attached hydrogens (tertiary/aromatic N) is 3. The van der Waals surface area contributed by atoms with Crippen LogP contribution in [0.3, 0.4) is 0 Å². The van der Waals surface area contributed by atoms with E-state index in [1.807, 2.05) is 6.07 Å². The number of amides is 1. The predicted octanol–water partition coefficient (Wildman–Crippen LogP) is 1.14. The topological polar surface area (TPSA) is 100 Å². The fourth-order valence-corrected chi connectivity index (χ4v) is 2.64. The van der Waals surface area contributed by atoms with E-state index in [0.717, 1.165) is 17.7 Å². The van der Waals surface area contributed by atoms with E-state index in [9.17, 15) is 9.59 Å². The Morgan fingerprint density at radius 1 is 1.38 bits per heavy atom. The van der Waals surface area contributed by atoms with Gasteiger partial charge in [-0.3, -0.25) is 14.3 Å². The van der Waals surface area contributed by atoms with E-state index in [-0.39, 0.29) is 17.9 Å². The minimum atomic E-state index is -0.649.